The maximum Gasteiger partial charge on any atom is 0.309 e. The molecule has 7 heteroatoms. The molecule has 25 heavy (non-hydrogen) atoms. The van der Waals surface area contributed by atoms with Crippen LogP contribution in [0.4, 0.5) is 5.69 Å². The number of thioether (sulfide) groups is 1. The summed E-state index contributed by atoms with van der Waals surface area (Å²) in [5.41, 5.74) is 0.731. The molecule has 0 unspecified atom stereocenters. The number of carbonyl (C=O) groups is 2. The lowest BCUT2D eigenvalue weighted by molar-refractivity contribution is -0.149. The van der Waals surface area contributed by atoms with E-state index >= 15 is 0 Å². The molecule has 1 saturated heterocycles. The zero-order valence-electron chi connectivity index (χ0n) is 14.4. The summed E-state index contributed by atoms with van der Waals surface area (Å²) in [6, 6.07) is 9.56. The van der Waals surface area contributed by atoms with Crippen LogP contribution in [-0.4, -0.2) is 48.8 Å². The summed E-state index contributed by atoms with van der Waals surface area (Å²) >= 11 is 1.40. The summed E-state index contributed by atoms with van der Waals surface area (Å²) in [7, 11) is 0. The molecule has 1 aromatic carbocycles. The summed E-state index contributed by atoms with van der Waals surface area (Å²) in [4.78, 5) is 27.0. The third kappa shape index (κ3) is 6.07. The van der Waals surface area contributed by atoms with E-state index in [1.165, 1.54) is 11.8 Å². The number of likely N-dealkylation sites (tertiary alicyclic amines) is 1. The number of para-hydroxylation sites is 1. The van der Waals surface area contributed by atoms with Gasteiger partial charge in [0.05, 0.1) is 36.6 Å². The molecule has 0 aliphatic carbocycles. The second-order valence-corrected chi connectivity index (χ2v) is 6.81. The van der Waals surface area contributed by atoms with E-state index in [1.54, 1.807) is 0 Å². The van der Waals surface area contributed by atoms with Crippen LogP contribution in [0.1, 0.15) is 19.8 Å². The molecule has 1 aliphatic rings. The Labute approximate surface area is 152 Å². The predicted molar refractivity (Wildman–Crippen MR) is 97.2 cm³/mol. The Morgan fingerprint density at radius 2 is 2.08 bits per heavy atom. The van der Waals surface area contributed by atoms with E-state index in [1.807, 2.05) is 31.2 Å². The highest BCUT2D eigenvalue weighted by Gasteiger charge is 2.26. The van der Waals surface area contributed by atoms with E-state index in [0.717, 1.165) is 23.4 Å². The van der Waals surface area contributed by atoms with E-state index in [0.29, 0.717) is 32.0 Å². The number of hydrogen-bond acceptors (Lipinski definition) is 6. The van der Waals surface area contributed by atoms with Gasteiger partial charge >= 0.3 is 5.97 Å². The van der Waals surface area contributed by atoms with E-state index in [9.17, 15) is 9.59 Å². The molecule has 1 amide bonds. The van der Waals surface area contributed by atoms with Crippen molar-refractivity contribution in [2.24, 2.45) is 5.92 Å². The van der Waals surface area contributed by atoms with Crippen molar-refractivity contribution in [3.05, 3.63) is 24.3 Å². The van der Waals surface area contributed by atoms with E-state index < -0.39 is 0 Å². The number of benzene rings is 1. The second kappa shape index (κ2) is 10.1. The number of nitrogens with zero attached hydrogens (tertiary/aromatic N) is 2. The van der Waals surface area contributed by atoms with Crippen LogP contribution in [0.15, 0.2) is 29.2 Å². The normalized spacial score (nSPS) is 15.4. The number of hydrogen-bond donors (Lipinski definition) is 1. The van der Waals surface area contributed by atoms with Gasteiger partial charge in [0.15, 0.2) is 0 Å². The number of anilines is 1. The Morgan fingerprint density at radius 1 is 1.36 bits per heavy atom. The Hall–Kier alpha value is -2.04. The van der Waals surface area contributed by atoms with Gasteiger partial charge in [-0.05, 0) is 45.0 Å². The zero-order chi connectivity index (χ0) is 18.1. The third-order valence-electron chi connectivity index (χ3n) is 4.03. The van der Waals surface area contributed by atoms with Crippen LogP contribution in [0, 0.1) is 17.2 Å². The average molecular weight is 361 g/mol. The largest absolute Gasteiger partial charge is 0.466 e. The van der Waals surface area contributed by atoms with Crippen LogP contribution in [0.25, 0.3) is 0 Å². The Balaban J connectivity index is 1.82. The topological polar surface area (TPSA) is 82.4 Å². The zero-order valence-corrected chi connectivity index (χ0v) is 15.2. The number of esters is 1. The molecule has 134 valence electrons. The fourth-order valence-electron chi connectivity index (χ4n) is 2.79. The van der Waals surface area contributed by atoms with Crippen LogP contribution in [0.3, 0.4) is 0 Å². The van der Waals surface area contributed by atoms with Crippen molar-refractivity contribution in [1.82, 2.24) is 4.90 Å². The highest BCUT2D eigenvalue weighted by atomic mass is 32.2. The van der Waals surface area contributed by atoms with Gasteiger partial charge in [0, 0.05) is 4.90 Å². The van der Waals surface area contributed by atoms with Crippen LogP contribution >= 0.6 is 11.8 Å². The molecule has 0 atom stereocenters. The lowest BCUT2D eigenvalue weighted by atomic mass is 9.97. The standard InChI is InChI=1S/C18H23N3O3S/c1-2-24-18(23)14-7-10-21(11-8-14)13-17(22)20-15-5-3-4-6-16(15)25-12-9-19/h3-6,14H,2,7-8,10-13H2,1H3,(H,20,22). The third-order valence-corrected chi connectivity index (χ3v) is 4.97. The van der Waals surface area contributed by atoms with Gasteiger partial charge in [0.1, 0.15) is 0 Å². The van der Waals surface area contributed by atoms with Gasteiger partial charge in [-0.15, -0.1) is 11.8 Å². The maximum absolute atomic E-state index is 12.3. The first-order valence-electron chi connectivity index (χ1n) is 8.41. The Morgan fingerprint density at radius 3 is 2.76 bits per heavy atom. The number of ether oxygens (including phenoxy) is 1. The summed E-state index contributed by atoms with van der Waals surface area (Å²) < 4.78 is 5.06. The van der Waals surface area contributed by atoms with E-state index in [-0.39, 0.29) is 17.8 Å². The van der Waals surface area contributed by atoms with Gasteiger partial charge in [0.2, 0.25) is 5.91 Å². The van der Waals surface area contributed by atoms with Crippen molar-refractivity contribution in [2.45, 2.75) is 24.7 Å². The minimum atomic E-state index is -0.130. The summed E-state index contributed by atoms with van der Waals surface area (Å²) in [6.45, 7) is 3.94. The van der Waals surface area contributed by atoms with Crippen LogP contribution in [0.2, 0.25) is 0 Å². The molecule has 0 aromatic heterocycles. The molecule has 0 radical (unpaired) electrons. The molecular weight excluding hydrogens is 338 g/mol. The van der Waals surface area contributed by atoms with Crippen LogP contribution < -0.4 is 5.32 Å². The number of carbonyl (C=O) groups excluding carboxylic acids is 2. The fourth-order valence-corrected chi connectivity index (χ4v) is 3.45. The lowest BCUT2D eigenvalue weighted by Crippen LogP contribution is -2.41. The Bertz CT molecular complexity index is 637. The molecule has 0 spiro atoms. The highest BCUT2D eigenvalue weighted by Crippen LogP contribution is 2.26. The van der Waals surface area contributed by atoms with Crippen molar-refractivity contribution in [2.75, 3.05) is 37.3 Å². The summed E-state index contributed by atoms with van der Waals surface area (Å²) in [6.07, 6.45) is 1.45. The van der Waals surface area contributed by atoms with Gasteiger partial charge in [-0.25, -0.2) is 0 Å². The molecule has 6 nitrogen and oxygen atoms in total. The molecule has 1 aliphatic heterocycles. The quantitative estimate of drug-likeness (QED) is 0.593. The number of piperidine rings is 1. The van der Waals surface area contributed by atoms with Gasteiger partial charge in [-0.2, -0.15) is 5.26 Å². The highest BCUT2D eigenvalue weighted by molar-refractivity contribution is 7.99. The Kier molecular flexibility index (Phi) is 7.76. The maximum atomic E-state index is 12.3. The minimum absolute atomic E-state index is 0.0534. The first-order chi connectivity index (χ1) is 12.1. The summed E-state index contributed by atoms with van der Waals surface area (Å²) in [5.74, 6) is 0.0749. The van der Waals surface area contributed by atoms with E-state index in [4.69, 9.17) is 10.00 Å². The monoisotopic (exact) mass is 361 g/mol. The van der Waals surface area contributed by atoms with Gasteiger partial charge in [-0.3, -0.25) is 14.5 Å². The molecular formula is C18H23N3O3S. The second-order valence-electron chi connectivity index (χ2n) is 5.79. The molecule has 1 heterocycles. The molecule has 2 rings (SSSR count). The van der Waals surface area contributed by atoms with Crippen molar-refractivity contribution < 1.29 is 14.3 Å². The fraction of sp³-hybridized carbons (Fsp3) is 0.500. The van der Waals surface area contributed by atoms with Gasteiger partial charge in [-0.1, -0.05) is 12.1 Å². The molecule has 1 fully saturated rings. The smallest absolute Gasteiger partial charge is 0.309 e. The predicted octanol–water partition coefficient (Wildman–Crippen LogP) is 2.52. The molecule has 0 saturated carbocycles. The average Bonchev–Trinajstić information content (AvgIpc) is 2.61. The minimum Gasteiger partial charge on any atom is -0.466 e. The van der Waals surface area contributed by atoms with Crippen molar-refractivity contribution >= 4 is 29.3 Å². The van der Waals surface area contributed by atoms with Crippen molar-refractivity contribution in [3.8, 4) is 6.07 Å². The van der Waals surface area contributed by atoms with E-state index in [2.05, 4.69) is 16.3 Å². The van der Waals surface area contributed by atoms with Gasteiger partial charge in [0.25, 0.3) is 0 Å². The number of nitriles is 1. The lowest BCUT2D eigenvalue weighted by Gasteiger charge is -2.30. The van der Waals surface area contributed by atoms with Gasteiger partial charge < -0.3 is 10.1 Å². The van der Waals surface area contributed by atoms with Crippen molar-refractivity contribution in [3.63, 3.8) is 0 Å². The first kappa shape index (κ1) is 19.3. The molecule has 1 aromatic rings. The first-order valence-corrected chi connectivity index (χ1v) is 9.40. The number of rotatable bonds is 7. The number of nitrogens with one attached hydrogen (secondary N) is 1. The molecule has 0 bridgehead atoms. The summed E-state index contributed by atoms with van der Waals surface area (Å²) in [5, 5.41) is 11.6. The SMILES string of the molecule is CCOC(=O)C1CCN(CC(=O)Nc2ccccc2SCC#N)CC1. The van der Waals surface area contributed by atoms with Crippen LogP contribution in [0.5, 0.6) is 0 Å². The number of amides is 1. The van der Waals surface area contributed by atoms with Crippen molar-refractivity contribution in [1.29, 1.82) is 5.26 Å². The molecule has 1 N–H and O–H groups in total. The van der Waals surface area contributed by atoms with Crippen LogP contribution in [-0.2, 0) is 14.3 Å².